The molecule has 2 aromatic rings. The molecule has 0 bridgehead atoms. The number of carbonyl (C=O) groups excluding carboxylic acids is 1. The Morgan fingerprint density at radius 1 is 1.23 bits per heavy atom. The summed E-state index contributed by atoms with van der Waals surface area (Å²) in [5.41, 5.74) is 3.63. The average Bonchev–Trinajstić information content (AvgIpc) is 2.55. The lowest BCUT2D eigenvalue weighted by atomic mass is 9.91. The van der Waals surface area contributed by atoms with Gasteiger partial charge in [0.05, 0.1) is 13.5 Å². The molecule has 1 aliphatic rings. The number of hydrogen-bond acceptors (Lipinski definition) is 2. The van der Waals surface area contributed by atoms with Crippen LogP contribution in [0.5, 0.6) is 5.75 Å². The summed E-state index contributed by atoms with van der Waals surface area (Å²) in [5, 5.41) is 0. The number of methoxy groups -OCH3 is 1. The van der Waals surface area contributed by atoms with Gasteiger partial charge in [-0.15, -0.1) is 0 Å². The van der Waals surface area contributed by atoms with Gasteiger partial charge in [-0.1, -0.05) is 43.3 Å². The number of carbonyl (C=O) groups is 1. The minimum Gasteiger partial charge on any atom is -0.497 e. The Morgan fingerprint density at radius 2 is 2.05 bits per heavy atom. The molecule has 0 fully saturated rings. The Balaban J connectivity index is 1.73. The van der Waals surface area contributed by atoms with Crippen molar-refractivity contribution in [2.75, 3.05) is 13.7 Å². The third-order valence-electron chi connectivity index (χ3n) is 4.28. The summed E-state index contributed by atoms with van der Waals surface area (Å²) in [6, 6.07) is 16.1. The quantitative estimate of drug-likeness (QED) is 0.868. The first-order valence-corrected chi connectivity index (χ1v) is 7.66. The Morgan fingerprint density at radius 3 is 2.86 bits per heavy atom. The molecule has 3 nitrogen and oxygen atoms in total. The molecule has 0 saturated carbocycles. The molecule has 114 valence electrons. The molecule has 3 heteroatoms. The van der Waals surface area contributed by atoms with Crippen LogP contribution in [0.1, 0.15) is 29.5 Å². The van der Waals surface area contributed by atoms with E-state index in [2.05, 4.69) is 25.1 Å². The van der Waals surface area contributed by atoms with Crippen LogP contribution in [0, 0.1) is 0 Å². The average molecular weight is 295 g/mol. The van der Waals surface area contributed by atoms with Crippen LogP contribution >= 0.6 is 0 Å². The van der Waals surface area contributed by atoms with E-state index in [0.29, 0.717) is 18.9 Å². The Bertz CT molecular complexity index is 681. The van der Waals surface area contributed by atoms with Crippen molar-refractivity contribution in [2.24, 2.45) is 0 Å². The van der Waals surface area contributed by atoms with E-state index in [1.54, 1.807) is 7.11 Å². The van der Waals surface area contributed by atoms with Crippen molar-refractivity contribution < 1.29 is 9.53 Å². The van der Waals surface area contributed by atoms with Crippen LogP contribution in [0.25, 0.3) is 0 Å². The van der Waals surface area contributed by atoms with Gasteiger partial charge >= 0.3 is 0 Å². The fourth-order valence-electron chi connectivity index (χ4n) is 3.12. The topological polar surface area (TPSA) is 29.5 Å². The van der Waals surface area contributed by atoms with Gasteiger partial charge in [-0.3, -0.25) is 4.79 Å². The maximum atomic E-state index is 12.6. The fraction of sp³-hybridized carbons (Fsp3) is 0.316. The second kappa shape index (κ2) is 6.22. The first-order valence-electron chi connectivity index (χ1n) is 7.66. The molecule has 1 atom stereocenters. The zero-order valence-corrected chi connectivity index (χ0v) is 13.1. The zero-order valence-electron chi connectivity index (χ0n) is 13.1. The molecule has 3 rings (SSSR count). The molecule has 22 heavy (non-hydrogen) atoms. The van der Waals surface area contributed by atoms with Gasteiger partial charge in [-0.25, -0.2) is 0 Å². The van der Waals surface area contributed by atoms with Crippen LogP contribution in [0.4, 0.5) is 0 Å². The number of nitrogens with zero attached hydrogens (tertiary/aromatic N) is 1. The van der Waals surface area contributed by atoms with Crippen molar-refractivity contribution in [3.63, 3.8) is 0 Å². The summed E-state index contributed by atoms with van der Waals surface area (Å²) in [6.07, 6.45) is 0.423. The summed E-state index contributed by atoms with van der Waals surface area (Å²) < 4.78 is 5.22. The molecule has 1 aliphatic heterocycles. The third-order valence-corrected chi connectivity index (χ3v) is 4.28. The van der Waals surface area contributed by atoms with Crippen molar-refractivity contribution >= 4 is 5.91 Å². The van der Waals surface area contributed by atoms with Crippen LogP contribution < -0.4 is 4.74 Å². The summed E-state index contributed by atoms with van der Waals surface area (Å²) in [6.45, 7) is 3.69. The number of ether oxygens (including phenoxy) is 1. The monoisotopic (exact) mass is 295 g/mol. The highest BCUT2D eigenvalue weighted by atomic mass is 16.5. The highest BCUT2D eigenvalue weighted by Crippen LogP contribution is 2.28. The highest BCUT2D eigenvalue weighted by molar-refractivity contribution is 5.79. The van der Waals surface area contributed by atoms with Crippen molar-refractivity contribution in [1.82, 2.24) is 4.90 Å². The van der Waals surface area contributed by atoms with Crippen LogP contribution in [0.15, 0.2) is 48.5 Å². The molecule has 0 aromatic heterocycles. The summed E-state index contributed by atoms with van der Waals surface area (Å²) >= 11 is 0. The van der Waals surface area contributed by atoms with Gasteiger partial charge in [0.2, 0.25) is 5.91 Å². The van der Waals surface area contributed by atoms with E-state index in [1.807, 2.05) is 35.2 Å². The fourth-order valence-corrected chi connectivity index (χ4v) is 3.12. The van der Waals surface area contributed by atoms with Crippen LogP contribution in [-0.2, 0) is 17.8 Å². The first kappa shape index (κ1) is 14.6. The minimum absolute atomic E-state index is 0.176. The lowest BCUT2D eigenvalue weighted by Gasteiger charge is -2.33. The molecule has 2 aromatic carbocycles. The third kappa shape index (κ3) is 2.98. The number of amides is 1. The number of fused-ring (bicyclic) bond motifs is 1. The summed E-state index contributed by atoms with van der Waals surface area (Å²) in [4.78, 5) is 14.6. The normalized spacial score (nSPS) is 17.0. The van der Waals surface area contributed by atoms with E-state index in [9.17, 15) is 4.79 Å². The van der Waals surface area contributed by atoms with Gasteiger partial charge in [0, 0.05) is 13.1 Å². The molecule has 1 unspecified atom stereocenters. The molecule has 0 N–H and O–H groups in total. The second-order valence-electron chi connectivity index (χ2n) is 5.90. The standard InChI is InChI=1S/C19H21NO2/c1-14-12-20(13-16-7-3-4-9-18(14)16)19(21)11-15-6-5-8-17(10-15)22-2/h3-10,14H,11-13H2,1-2H3. The first-order chi connectivity index (χ1) is 10.7. The van der Waals surface area contributed by atoms with Crippen LogP contribution in [0.2, 0.25) is 0 Å². The Kier molecular flexibility index (Phi) is 4.14. The molecule has 1 amide bonds. The van der Waals surface area contributed by atoms with Gasteiger partial charge in [0.25, 0.3) is 0 Å². The van der Waals surface area contributed by atoms with E-state index >= 15 is 0 Å². The number of benzene rings is 2. The van der Waals surface area contributed by atoms with Crippen molar-refractivity contribution in [2.45, 2.75) is 25.8 Å². The molecule has 1 heterocycles. The Labute approximate surface area is 131 Å². The maximum Gasteiger partial charge on any atom is 0.227 e. The summed E-state index contributed by atoms with van der Waals surface area (Å²) in [7, 11) is 1.64. The van der Waals surface area contributed by atoms with Crippen LogP contribution in [0.3, 0.4) is 0 Å². The van der Waals surface area contributed by atoms with E-state index < -0.39 is 0 Å². The second-order valence-corrected chi connectivity index (χ2v) is 5.90. The van der Waals surface area contributed by atoms with Crippen molar-refractivity contribution in [3.05, 3.63) is 65.2 Å². The van der Waals surface area contributed by atoms with Gasteiger partial charge in [0.1, 0.15) is 5.75 Å². The van der Waals surface area contributed by atoms with Crippen LogP contribution in [-0.4, -0.2) is 24.5 Å². The maximum absolute atomic E-state index is 12.6. The van der Waals surface area contributed by atoms with E-state index in [0.717, 1.165) is 17.9 Å². The molecule has 0 aliphatic carbocycles. The minimum atomic E-state index is 0.176. The van der Waals surface area contributed by atoms with Gasteiger partial charge in [-0.05, 0) is 34.7 Å². The predicted octanol–water partition coefficient (Wildman–Crippen LogP) is 3.38. The lowest BCUT2D eigenvalue weighted by Crippen LogP contribution is -2.38. The molecule has 0 saturated heterocycles. The SMILES string of the molecule is COc1cccc(CC(=O)N2Cc3ccccc3C(C)C2)c1. The molecule has 0 radical (unpaired) electrons. The Hall–Kier alpha value is -2.29. The number of rotatable bonds is 3. The lowest BCUT2D eigenvalue weighted by molar-refractivity contribution is -0.131. The number of hydrogen-bond donors (Lipinski definition) is 0. The van der Waals surface area contributed by atoms with Crippen molar-refractivity contribution in [1.29, 1.82) is 0 Å². The van der Waals surface area contributed by atoms with E-state index in [-0.39, 0.29) is 5.91 Å². The highest BCUT2D eigenvalue weighted by Gasteiger charge is 2.25. The van der Waals surface area contributed by atoms with E-state index in [4.69, 9.17) is 4.74 Å². The van der Waals surface area contributed by atoms with Gasteiger partial charge < -0.3 is 9.64 Å². The molecular weight excluding hydrogens is 274 g/mol. The largest absolute Gasteiger partial charge is 0.497 e. The van der Waals surface area contributed by atoms with Gasteiger partial charge in [0.15, 0.2) is 0 Å². The molecule has 0 spiro atoms. The van der Waals surface area contributed by atoms with Gasteiger partial charge in [-0.2, -0.15) is 0 Å². The van der Waals surface area contributed by atoms with E-state index in [1.165, 1.54) is 11.1 Å². The molecular formula is C19H21NO2. The summed E-state index contributed by atoms with van der Waals surface area (Å²) in [5.74, 6) is 1.36. The zero-order chi connectivity index (χ0) is 15.5. The smallest absolute Gasteiger partial charge is 0.227 e. The van der Waals surface area contributed by atoms with Crippen molar-refractivity contribution in [3.8, 4) is 5.75 Å². The predicted molar refractivity (Wildman–Crippen MR) is 87.0 cm³/mol.